The highest BCUT2D eigenvalue weighted by Gasteiger charge is 2.14. The zero-order chi connectivity index (χ0) is 14.1. The summed E-state index contributed by atoms with van der Waals surface area (Å²) in [6.45, 7) is 1.95. The summed E-state index contributed by atoms with van der Waals surface area (Å²) in [6.07, 6.45) is 1.64. The molecule has 0 aliphatic heterocycles. The summed E-state index contributed by atoms with van der Waals surface area (Å²) in [5.74, 6) is 0.259. The third-order valence-corrected chi connectivity index (χ3v) is 4.35. The Morgan fingerprint density at radius 2 is 1.95 bits per heavy atom. The predicted molar refractivity (Wildman–Crippen MR) is 82.7 cm³/mol. The number of hydrogen-bond acceptors (Lipinski definition) is 5. The summed E-state index contributed by atoms with van der Waals surface area (Å²) >= 11 is 7.76. The smallest absolute Gasteiger partial charge is 0.220 e. The Bertz CT molecular complexity index is 769. The molecule has 2 N–H and O–H groups in total. The summed E-state index contributed by atoms with van der Waals surface area (Å²) in [5, 5.41) is 1.57. The van der Waals surface area contributed by atoms with Crippen LogP contribution in [-0.4, -0.2) is 15.0 Å². The second-order valence-corrected chi connectivity index (χ2v) is 5.62. The Balaban J connectivity index is 2.10. The van der Waals surface area contributed by atoms with Crippen molar-refractivity contribution < 1.29 is 0 Å². The van der Waals surface area contributed by atoms with Crippen LogP contribution in [0.3, 0.4) is 0 Å². The topological polar surface area (TPSA) is 64.7 Å². The van der Waals surface area contributed by atoms with Crippen LogP contribution in [0, 0.1) is 6.92 Å². The van der Waals surface area contributed by atoms with E-state index in [4.69, 9.17) is 17.3 Å². The SMILES string of the molecule is Cc1nc(-c2ccccc2Cl)sc1-c1ccnc(N)n1. The fraction of sp³-hybridized carbons (Fsp3) is 0.0714. The van der Waals surface area contributed by atoms with Gasteiger partial charge in [0.25, 0.3) is 0 Å². The molecule has 0 atom stereocenters. The molecule has 1 aromatic carbocycles. The molecule has 0 amide bonds. The molecule has 0 bridgehead atoms. The van der Waals surface area contributed by atoms with Crippen molar-refractivity contribution in [2.75, 3.05) is 5.73 Å². The number of rotatable bonds is 2. The van der Waals surface area contributed by atoms with Crippen LogP contribution in [0.1, 0.15) is 5.69 Å². The van der Waals surface area contributed by atoms with Crippen molar-refractivity contribution in [2.45, 2.75) is 6.92 Å². The van der Waals surface area contributed by atoms with Gasteiger partial charge in [-0.05, 0) is 19.1 Å². The van der Waals surface area contributed by atoms with E-state index in [9.17, 15) is 0 Å². The van der Waals surface area contributed by atoms with E-state index in [1.165, 1.54) is 0 Å². The van der Waals surface area contributed by atoms with Crippen molar-refractivity contribution in [3.8, 4) is 21.1 Å². The van der Waals surface area contributed by atoms with Gasteiger partial charge in [-0.2, -0.15) is 0 Å². The quantitative estimate of drug-likeness (QED) is 0.781. The zero-order valence-electron chi connectivity index (χ0n) is 10.7. The number of nitrogen functional groups attached to an aromatic ring is 1. The van der Waals surface area contributed by atoms with Crippen molar-refractivity contribution in [1.29, 1.82) is 0 Å². The molecule has 0 aliphatic rings. The Labute approximate surface area is 125 Å². The van der Waals surface area contributed by atoms with Crippen molar-refractivity contribution in [2.24, 2.45) is 0 Å². The largest absolute Gasteiger partial charge is 0.368 e. The van der Waals surface area contributed by atoms with Crippen LogP contribution >= 0.6 is 22.9 Å². The van der Waals surface area contributed by atoms with E-state index in [-0.39, 0.29) is 5.95 Å². The molecule has 0 saturated heterocycles. The molecular formula is C14H11ClN4S. The first-order valence-corrected chi connectivity index (χ1v) is 7.16. The lowest BCUT2D eigenvalue weighted by molar-refractivity contribution is 1.18. The minimum absolute atomic E-state index is 0.259. The first-order chi connectivity index (χ1) is 9.65. The summed E-state index contributed by atoms with van der Waals surface area (Å²) in [6, 6.07) is 9.49. The van der Waals surface area contributed by atoms with Crippen molar-refractivity contribution in [3.05, 3.63) is 47.2 Å². The summed E-state index contributed by atoms with van der Waals surface area (Å²) in [4.78, 5) is 13.7. The first-order valence-electron chi connectivity index (χ1n) is 5.96. The number of nitrogens with two attached hydrogens (primary N) is 1. The number of aromatic nitrogens is 3. The summed E-state index contributed by atoms with van der Waals surface area (Å²) in [5.41, 5.74) is 8.24. The Hall–Kier alpha value is -1.98. The molecule has 6 heteroatoms. The molecule has 0 fully saturated rings. The van der Waals surface area contributed by atoms with Gasteiger partial charge in [-0.15, -0.1) is 11.3 Å². The number of anilines is 1. The Morgan fingerprint density at radius 1 is 1.15 bits per heavy atom. The average Bonchev–Trinajstić information content (AvgIpc) is 2.81. The lowest BCUT2D eigenvalue weighted by Crippen LogP contribution is -1.94. The average molecular weight is 303 g/mol. The van der Waals surface area contributed by atoms with Crippen LogP contribution in [-0.2, 0) is 0 Å². The van der Waals surface area contributed by atoms with Gasteiger partial charge < -0.3 is 5.73 Å². The lowest BCUT2D eigenvalue weighted by Gasteiger charge is -1.98. The number of thiazole rings is 1. The molecule has 4 nitrogen and oxygen atoms in total. The maximum absolute atomic E-state index is 6.21. The van der Waals surface area contributed by atoms with Crippen LogP contribution in [0.4, 0.5) is 5.95 Å². The van der Waals surface area contributed by atoms with Crippen LogP contribution in [0.2, 0.25) is 5.02 Å². The molecule has 100 valence electrons. The number of aryl methyl sites for hydroxylation is 1. The van der Waals surface area contributed by atoms with E-state index in [0.29, 0.717) is 5.02 Å². The van der Waals surface area contributed by atoms with Gasteiger partial charge in [0.2, 0.25) is 5.95 Å². The van der Waals surface area contributed by atoms with E-state index in [1.54, 1.807) is 17.5 Å². The first kappa shape index (κ1) is 13.0. The van der Waals surface area contributed by atoms with Crippen LogP contribution in [0.15, 0.2) is 36.5 Å². The fourth-order valence-corrected chi connectivity index (χ4v) is 3.24. The molecule has 0 radical (unpaired) electrons. The van der Waals surface area contributed by atoms with Gasteiger partial charge in [0, 0.05) is 11.8 Å². The zero-order valence-corrected chi connectivity index (χ0v) is 12.2. The molecule has 0 spiro atoms. The predicted octanol–water partition coefficient (Wildman–Crippen LogP) is 3.81. The number of benzene rings is 1. The standard InChI is InChI=1S/C14H11ClN4S/c1-8-12(11-6-7-17-14(16)19-11)20-13(18-8)9-4-2-3-5-10(9)15/h2-7H,1H3,(H2,16,17,19). The molecule has 0 aliphatic carbocycles. The molecular weight excluding hydrogens is 292 g/mol. The normalized spacial score (nSPS) is 10.7. The van der Waals surface area contributed by atoms with Crippen molar-refractivity contribution >= 4 is 28.9 Å². The lowest BCUT2D eigenvalue weighted by atomic mass is 10.2. The molecule has 3 aromatic rings. The monoisotopic (exact) mass is 302 g/mol. The number of nitrogens with zero attached hydrogens (tertiary/aromatic N) is 3. The van der Waals surface area contributed by atoms with E-state index in [2.05, 4.69) is 15.0 Å². The van der Waals surface area contributed by atoms with E-state index in [0.717, 1.165) is 26.8 Å². The molecule has 20 heavy (non-hydrogen) atoms. The molecule has 2 heterocycles. The van der Waals surface area contributed by atoms with Gasteiger partial charge in [-0.3, -0.25) is 0 Å². The van der Waals surface area contributed by atoms with Crippen LogP contribution < -0.4 is 5.73 Å². The van der Waals surface area contributed by atoms with Gasteiger partial charge in [0.15, 0.2) is 0 Å². The maximum atomic E-state index is 6.21. The minimum Gasteiger partial charge on any atom is -0.368 e. The Morgan fingerprint density at radius 3 is 2.70 bits per heavy atom. The van der Waals surface area contributed by atoms with Crippen molar-refractivity contribution in [1.82, 2.24) is 15.0 Å². The maximum Gasteiger partial charge on any atom is 0.220 e. The Kier molecular flexibility index (Phi) is 3.38. The van der Waals surface area contributed by atoms with Gasteiger partial charge in [-0.25, -0.2) is 15.0 Å². The third-order valence-electron chi connectivity index (χ3n) is 2.81. The van der Waals surface area contributed by atoms with Crippen molar-refractivity contribution in [3.63, 3.8) is 0 Å². The molecule has 2 aromatic heterocycles. The van der Waals surface area contributed by atoms with Crippen LogP contribution in [0.5, 0.6) is 0 Å². The van der Waals surface area contributed by atoms with Gasteiger partial charge >= 0.3 is 0 Å². The number of hydrogen-bond donors (Lipinski definition) is 1. The summed E-state index contributed by atoms with van der Waals surface area (Å²) < 4.78 is 0. The van der Waals surface area contributed by atoms with Gasteiger partial charge in [0.1, 0.15) is 5.01 Å². The second-order valence-electron chi connectivity index (χ2n) is 4.21. The highest BCUT2D eigenvalue weighted by molar-refractivity contribution is 7.18. The molecule has 0 unspecified atom stereocenters. The molecule has 0 saturated carbocycles. The highest BCUT2D eigenvalue weighted by Crippen LogP contribution is 2.36. The van der Waals surface area contributed by atoms with E-state index < -0.39 is 0 Å². The summed E-state index contributed by atoms with van der Waals surface area (Å²) in [7, 11) is 0. The molecule has 3 rings (SSSR count). The number of halogens is 1. The second kappa shape index (κ2) is 5.19. The van der Waals surface area contributed by atoms with Crippen LogP contribution in [0.25, 0.3) is 21.1 Å². The minimum atomic E-state index is 0.259. The fourth-order valence-electron chi connectivity index (χ4n) is 1.88. The van der Waals surface area contributed by atoms with Gasteiger partial charge in [-0.1, -0.05) is 29.8 Å². The van der Waals surface area contributed by atoms with E-state index >= 15 is 0 Å². The van der Waals surface area contributed by atoms with Gasteiger partial charge in [0.05, 0.1) is 21.3 Å². The highest BCUT2D eigenvalue weighted by atomic mass is 35.5. The van der Waals surface area contributed by atoms with E-state index in [1.807, 2.05) is 37.3 Å². The third kappa shape index (κ3) is 2.37.